The minimum atomic E-state index is -0.605. The maximum atomic E-state index is 16.0. The van der Waals surface area contributed by atoms with Crippen LogP contribution in [0.25, 0.3) is 27.4 Å². The number of amides is 1. The highest BCUT2D eigenvalue weighted by Crippen LogP contribution is 2.46. The Balaban J connectivity index is 1.19. The number of fused-ring (bicyclic) bond motifs is 3. The van der Waals surface area contributed by atoms with Crippen LogP contribution < -0.4 is 32.3 Å². The topological polar surface area (TPSA) is 146 Å². The summed E-state index contributed by atoms with van der Waals surface area (Å²) in [7, 11) is 0. The molecule has 262 valence electrons. The van der Waals surface area contributed by atoms with Gasteiger partial charge in [0.15, 0.2) is 23.3 Å². The zero-order valence-corrected chi connectivity index (χ0v) is 28.3. The molecule has 2 unspecified atom stereocenters. The molecule has 10 nitrogen and oxygen atoms in total. The van der Waals surface area contributed by atoms with Gasteiger partial charge in [-0.3, -0.25) is 14.6 Å². The number of nitrogens with zero attached hydrogens (tertiary/aromatic N) is 2. The standard InChI is InChI=1S/C39H45FN6O4/c40-31-20-29-35-37(34(31)43-14-4-3-7-24-10-6-15-49-16-13-24)50-33-19-28-12-2-1-11-27(28)18-32(33)46(35)23-30(36(29)47)38(48)44-21-25-8-5-9-26(17-25)22-45-39(41)42/h1-2,7,11-12,18-20,23,25-26,43H,3-6,8-10,13-17,21-22H2,(H,44,48)(H4,41,42,45)/b24-7-. The number of guanidine groups is 1. The van der Waals surface area contributed by atoms with Crippen LogP contribution >= 0.6 is 0 Å². The van der Waals surface area contributed by atoms with Crippen molar-refractivity contribution in [2.24, 2.45) is 28.3 Å². The van der Waals surface area contributed by atoms with Crippen LogP contribution in [0.3, 0.4) is 0 Å². The summed E-state index contributed by atoms with van der Waals surface area (Å²) in [5.74, 6) is 0.316. The number of carbonyl (C=O) groups excluding carboxylic acids is 1. The minimum Gasteiger partial charge on any atom is -0.451 e. The van der Waals surface area contributed by atoms with Crippen molar-refractivity contribution in [2.45, 2.75) is 57.8 Å². The predicted molar refractivity (Wildman–Crippen MR) is 196 cm³/mol. The van der Waals surface area contributed by atoms with Crippen molar-refractivity contribution in [2.75, 3.05) is 38.2 Å². The average molecular weight is 681 g/mol. The smallest absolute Gasteiger partial charge is 0.256 e. The number of hydrogen-bond donors (Lipinski definition) is 4. The van der Waals surface area contributed by atoms with Gasteiger partial charge in [-0.25, -0.2) is 4.39 Å². The van der Waals surface area contributed by atoms with Crippen molar-refractivity contribution < 1.29 is 18.7 Å². The van der Waals surface area contributed by atoms with E-state index in [0.29, 0.717) is 42.5 Å². The van der Waals surface area contributed by atoms with Crippen molar-refractivity contribution in [3.63, 3.8) is 0 Å². The van der Waals surface area contributed by atoms with E-state index in [0.717, 1.165) is 81.8 Å². The van der Waals surface area contributed by atoms with Gasteiger partial charge in [-0.15, -0.1) is 0 Å². The highest BCUT2D eigenvalue weighted by Gasteiger charge is 2.29. The number of allylic oxidation sites excluding steroid dienone is 1. The van der Waals surface area contributed by atoms with Crippen molar-refractivity contribution in [1.29, 1.82) is 0 Å². The normalized spacial score (nSPS) is 19.4. The van der Waals surface area contributed by atoms with Crippen molar-refractivity contribution >= 4 is 39.2 Å². The Morgan fingerprint density at radius 3 is 2.72 bits per heavy atom. The number of nitrogens with one attached hydrogen (secondary N) is 2. The molecule has 1 saturated heterocycles. The Labute approximate surface area is 290 Å². The lowest BCUT2D eigenvalue weighted by molar-refractivity contribution is 0.0939. The number of halogens is 1. The Morgan fingerprint density at radius 1 is 1.06 bits per heavy atom. The third-order valence-corrected chi connectivity index (χ3v) is 10.2. The van der Waals surface area contributed by atoms with Gasteiger partial charge in [-0.2, -0.15) is 0 Å². The summed E-state index contributed by atoms with van der Waals surface area (Å²) in [6.07, 6.45) is 12.5. The van der Waals surface area contributed by atoms with Gasteiger partial charge in [0.05, 0.1) is 17.7 Å². The van der Waals surface area contributed by atoms with Crippen molar-refractivity contribution in [1.82, 2.24) is 9.88 Å². The Kier molecular flexibility index (Phi) is 10.0. The zero-order chi connectivity index (χ0) is 34.6. The molecule has 1 aromatic heterocycles. The first-order chi connectivity index (χ1) is 24.4. The van der Waals surface area contributed by atoms with E-state index < -0.39 is 17.2 Å². The summed E-state index contributed by atoms with van der Waals surface area (Å²) < 4.78 is 29.8. The molecule has 0 radical (unpaired) electrons. The molecule has 50 heavy (non-hydrogen) atoms. The summed E-state index contributed by atoms with van der Waals surface area (Å²) in [6, 6.07) is 13.0. The molecule has 0 bridgehead atoms. The highest BCUT2D eigenvalue weighted by molar-refractivity contribution is 6.02. The molecule has 1 saturated carbocycles. The van der Waals surface area contributed by atoms with E-state index in [1.165, 1.54) is 11.6 Å². The average Bonchev–Trinajstić information content (AvgIpc) is 3.40. The Morgan fingerprint density at radius 2 is 1.88 bits per heavy atom. The fourth-order valence-corrected chi connectivity index (χ4v) is 7.61. The van der Waals surface area contributed by atoms with E-state index in [2.05, 4.69) is 21.7 Å². The van der Waals surface area contributed by atoms with Gasteiger partial charge in [0, 0.05) is 32.4 Å². The second-order valence-electron chi connectivity index (χ2n) is 13.7. The van der Waals surface area contributed by atoms with Gasteiger partial charge >= 0.3 is 0 Å². The lowest BCUT2D eigenvalue weighted by Gasteiger charge is -2.28. The molecule has 3 aliphatic rings. The largest absolute Gasteiger partial charge is 0.451 e. The highest BCUT2D eigenvalue weighted by atomic mass is 19.1. The van der Waals surface area contributed by atoms with Crippen LogP contribution in [0.2, 0.25) is 0 Å². The number of ether oxygens (including phenoxy) is 2. The van der Waals surface area contributed by atoms with Gasteiger partial charge in [-0.05, 0) is 92.2 Å². The van der Waals surface area contributed by atoms with Crippen molar-refractivity contribution in [3.05, 3.63) is 81.9 Å². The predicted octanol–water partition coefficient (Wildman–Crippen LogP) is 6.52. The molecule has 2 atom stereocenters. The summed E-state index contributed by atoms with van der Waals surface area (Å²) in [4.78, 5) is 31.8. The molecular formula is C39H45FN6O4. The van der Waals surface area contributed by atoms with Gasteiger partial charge in [0.1, 0.15) is 16.8 Å². The molecule has 6 N–H and O–H groups in total. The number of carbonyl (C=O) groups is 1. The molecule has 4 aromatic rings. The third-order valence-electron chi connectivity index (χ3n) is 10.2. The molecule has 2 aliphatic heterocycles. The summed E-state index contributed by atoms with van der Waals surface area (Å²) in [5.41, 5.74) is 13.2. The maximum Gasteiger partial charge on any atom is 0.256 e. The molecule has 7 rings (SSSR count). The second-order valence-corrected chi connectivity index (χ2v) is 13.7. The lowest BCUT2D eigenvalue weighted by atomic mass is 9.81. The molecular weight excluding hydrogens is 635 g/mol. The number of unbranched alkanes of at least 4 members (excludes halogenated alkanes) is 1. The molecule has 11 heteroatoms. The van der Waals surface area contributed by atoms with E-state index in [1.807, 2.05) is 36.4 Å². The number of anilines is 1. The molecule has 3 heterocycles. The van der Waals surface area contributed by atoms with E-state index in [1.54, 1.807) is 10.8 Å². The Hall–Kier alpha value is -4.90. The number of nitrogens with two attached hydrogens (primary N) is 2. The van der Waals surface area contributed by atoms with Gasteiger partial charge in [-0.1, -0.05) is 42.3 Å². The summed E-state index contributed by atoms with van der Waals surface area (Å²) in [5, 5.41) is 8.28. The fraction of sp³-hybridized carbons (Fsp3) is 0.410. The maximum absolute atomic E-state index is 16.0. The summed E-state index contributed by atoms with van der Waals surface area (Å²) in [6.45, 7) is 3.07. The fourth-order valence-electron chi connectivity index (χ4n) is 7.61. The second kappa shape index (κ2) is 14.9. The number of benzene rings is 3. The molecule has 1 amide bonds. The van der Waals surface area contributed by atoms with Crippen LogP contribution in [-0.2, 0) is 4.74 Å². The first-order valence-corrected chi connectivity index (χ1v) is 17.8. The van der Waals surface area contributed by atoms with E-state index >= 15 is 4.39 Å². The van der Waals surface area contributed by atoms with Crippen LogP contribution in [-0.4, -0.2) is 49.3 Å². The van der Waals surface area contributed by atoms with E-state index in [4.69, 9.17) is 20.9 Å². The van der Waals surface area contributed by atoms with Crippen LogP contribution in [0.5, 0.6) is 11.5 Å². The van der Waals surface area contributed by atoms with Crippen LogP contribution in [0, 0.1) is 17.7 Å². The number of pyridine rings is 1. The van der Waals surface area contributed by atoms with Crippen molar-refractivity contribution in [3.8, 4) is 17.2 Å². The number of aliphatic imine (C=N–C) groups is 1. The SMILES string of the molecule is NC(N)=NCC1CCCC(CNC(=O)c2cn3c4c(c(NCCC/C=C5/CCCOCC5)c(F)cc4c2=O)Oc2cc4ccccc4cc2-3)C1. The number of aromatic nitrogens is 1. The van der Waals surface area contributed by atoms with Gasteiger partial charge in [0.2, 0.25) is 5.43 Å². The molecule has 0 spiro atoms. The Bertz CT molecular complexity index is 2030. The monoisotopic (exact) mass is 680 g/mol. The molecule has 2 fully saturated rings. The van der Waals surface area contributed by atoms with E-state index in [-0.39, 0.29) is 34.3 Å². The zero-order valence-electron chi connectivity index (χ0n) is 28.3. The molecule has 1 aliphatic carbocycles. The van der Waals surface area contributed by atoms with Gasteiger partial charge in [0.25, 0.3) is 5.91 Å². The third kappa shape index (κ3) is 7.19. The first-order valence-electron chi connectivity index (χ1n) is 17.8. The van der Waals surface area contributed by atoms with Crippen LogP contribution in [0.15, 0.2) is 70.1 Å². The minimum absolute atomic E-state index is 0.0469. The van der Waals surface area contributed by atoms with Crippen LogP contribution in [0.1, 0.15) is 68.1 Å². The van der Waals surface area contributed by atoms with Crippen LogP contribution in [0.4, 0.5) is 10.1 Å². The lowest BCUT2D eigenvalue weighted by Crippen LogP contribution is -2.35. The number of hydrogen-bond acceptors (Lipinski definition) is 6. The van der Waals surface area contributed by atoms with Gasteiger partial charge < -0.3 is 36.1 Å². The number of rotatable bonds is 10. The first kappa shape index (κ1) is 33.6. The molecule has 3 aromatic carbocycles. The quantitative estimate of drug-likeness (QED) is 0.0569. The van der Waals surface area contributed by atoms with E-state index in [9.17, 15) is 9.59 Å². The summed E-state index contributed by atoms with van der Waals surface area (Å²) >= 11 is 0.